The van der Waals surface area contributed by atoms with Gasteiger partial charge in [0.05, 0.1) is 0 Å². The summed E-state index contributed by atoms with van der Waals surface area (Å²) in [6.45, 7) is 8.00. The first-order valence-corrected chi connectivity index (χ1v) is 3.52. The van der Waals surface area contributed by atoms with E-state index in [0.29, 0.717) is 0 Å². The molecule has 2 nitrogen and oxygen atoms in total. The average Bonchev–Trinajstić information content (AvgIpc) is 2.14. The van der Waals surface area contributed by atoms with E-state index in [1.165, 1.54) is 19.3 Å². The van der Waals surface area contributed by atoms with Crippen LogP contribution in [-0.4, -0.2) is 25.4 Å². The lowest BCUT2D eigenvalue weighted by Crippen LogP contribution is -2.03. The molecule has 1 N–H and O–H groups in total. The maximum atomic E-state index is 7.00. The number of ether oxygens (including phenoxy) is 1. The van der Waals surface area contributed by atoms with Crippen LogP contribution in [-0.2, 0) is 4.74 Å². The SMILES string of the molecule is C1CCOCC1.C=C.CO. The van der Waals surface area contributed by atoms with Gasteiger partial charge in [-0.15, -0.1) is 13.2 Å². The van der Waals surface area contributed by atoms with Gasteiger partial charge < -0.3 is 9.84 Å². The van der Waals surface area contributed by atoms with Crippen LogP contribution in [0.3, 0.4) is 0 Å². The second kappa shape index (κ2) is 15.9. The minimum absolute atomic E-state index is 1.00. The second-order valence-corrected chi connectivity index (χ2v) is 1.67. The zero-order chi connectivity index (χ0) is 8.24. The smallest absolute Gasteiger partial charge is 0.0466 e. The van der Waals surface area contributed by atoms with E-state index >= 15 is 0 Å². The van der Waals surface area contributed by atoms with E-state index in [4.69, 9.17) is 9.84 Å². The van der Waals surface area contributed by atoms with Gasteiger partial charge in [-0.2, -0.15) is 0 Å². The molecule has 0 aromatic heterocycles. The number of rotatable bonds is 0. The normalized spacial score (nSPS) is 15.4. The first-order valence-electron chi connectivity index (χ1n) is 3.52. The monoisotopic (exact) mass is 146 g/mol. The summed E-state index contributed by atoms with van der Waals surface area (Å²) in [5.74, 6) is 0. The summed E-state index contributed by atoms with van der Waals surface area (Å²) in [6.07, 6.45) is 3.93. The van der Waals surface area contributed by atoms with Gasteiger partial charge >= 0.3 is 0 Å². The third kappa shape index (κ3) is 10.6. The molecule has 2 heteroatoms. The van der Waals surface area contributed by atoms with Crippen molar-refractivity contribution in [2.75, 3.05) is 20.3 Å². The molecule has 1 rings (SSSR count). The summed E-state index contributed by atoms with van der Waals surface area (Å²) in [7, 11) is 1.00. The minimum Gasteiger partial charge on any atom is -0.400 e. The minimum atomic E-state index is 1.00. The third-order valence-electron chi connectivity index (χ3n) is 1.08. The largest absolute Gasteiger partial charge is 0.400 e. The maximum Gasteiger partial charge on any atom is 0.0466 e. The Hall–Kier alpha value is -0.340. The van der Waals surface area contributed by atoms with Crippen LogP contribution in [0.5, 0.6) is 0 Å². The first-order chi connectivity index (χ1) is 5.00. The zero-order valence-corrected chi connectivity index (χ0v) is 6.81. The van der Waals surface area contributed by atoms with E-state index in [1.54, 1.807) is 0 Å². The van der Waals surface area contributed by atoms with Gasteiger partial charge in [0.2, 0.25) is 0 Å². The molecule has 62 valence electrons. The van der Waals surface area contributed by atoms with Gasteiger partial charge in [-0.25, -0.2) is 0 Å². The van der Waals surface area contributed by atoms with Gasteiger partial charge in [-0.05, 0) is 19.3 Å². The third-order valence-corrected chi connectivity index (χ3v) is 1.08. The highest BCUT2D eigenvalue weighted by atomic mass is 16.5. The lowest BCUT2D eigenvalue weighted by molar-refractivity contribution is 0.0968. The van der Waals surface area contributed by atoms with Gasteiger partial charge in [0.25, 0.3) is 0 Å². The highest BCUT2D eigenvalue weighted by Crippen LogP contribution is 2.02. The molecule has 0 aromatic carbocycles. The van der Waals surface area contributed by atoms with Crippen molar-refractivity contribution in [1.29, 1.82) is 0 Å². The Morgan fingerprint density at radius 1 is 1.00 bits per heavy atom. The van der Waals surface area contributed by atoms with Crippen molar-refractivity contribution >= 4 is 0 Å². The summed E-state index contributed by atoms with van der Waals surface area (Å²) < 4.78 is 5.07. The molecule has 0 aliphatic carbocycles. The summed E-state index contributed by atoms with van der Waals surface area (Å²) >= 11 is 0. The Kier molecular flexibility index (Phi) is 19.6. The second-order valence-electron chi connectivity index (χ2n) is 1.67. The van der Waals surface area contributed by atoms with E-state index in [0.717, 1.165) is 20.3 Å². The number of aliphatic hydroxyl groups is 1. The molecule has 0 radical (unpaired) electrons. The van der Waals surface area contributed by atoms with E-state index in [1.807, 2.05) is 0 Å². The molecular formula is C8H18O2. The molecule has 1 aliphatic heterocycles. The maximum absolute atomic E-state index is 7.00. The Bertz CT molecular complexity index is 31.0. The van der Waals surface area contributed by atoms with Crippen molar-refractivity contribution in [3.63, 3.8) is 0 Å². The van der Waals surface area contributed by atoms with Crippen LogP contribution in [0.15, 0.2) is 13.2 Å². The van der Waals surface area contributed by atoms with Gasteiger partial charge in [0.1, 0.15) is 0 Å². The summed E-state index contributed by atoms with van der Waals surface area (Å²) in [5, 5.41) is 7.00. The van der Waals surface area contributed by atoms with Crippen molar-refractivity contribution in [2.24, 2.45) is 0 Å². The molecule has 1 heterocycles. The fourth-order valence-electron chi connectivity index (χ4n) is 0.687. The lowest BCUT2D eigenvalue weighted by atomic mass is 10.2. The quantitative estimate of drug-likeness (QED) is 0.526. The van der Waals surface area contributed by atoms with Crippen LogP contribution in [0.2, 0.25) is 0 Å². The molecule has 0 bridgehead atoms. The van der Waals surface area contributed by atoms with Crippen molar-refractivity contribution in [3.05, 3.63) is 13.2 Å². The van der Waals surface area contributed by atoms with Crippen molar-refractivity contribution < 1.29 is 9.84 Å². The first kappa shape index (κ1) is 12.3. The lowest BCUT2D eigenvalue weighted by Gasteiger charge is -2.08. The Morgan fingerprint density at radius 3 is 1.50 bits per heavy atom. The summed E-state index contributed by atoms with van der Waals surface area (Å²) in [4.78, 5) is 0. The molecule has 0 spiro atoms. The molecule has 0 aromatic rings. The number of hydrogen-bond acceptors (Lipinski definition) is 2. The highest BCUT2D eigenvalue weighted by Gasteiger charge is 1.94. The summed E-state index contributed by atoms with van der Waals surface area (Å²) in [6, 6.07) is 0. The molecule has 10 heavy (non-hydrogen) atoms. The van der Waals surface area contributed by atoms with E-state index in [-0.39, 0.29) is 0 Å². The molecule has 0 amide bonds. The number of hydrogen-bond donors (Lipinski definition) is 1. The van der Waals surface area contributed by atoms with Crippen LogP contribution in [0, 0.1) is 0 Å². The molecule has 0 saturated carbocycles. The Labute approximate surface area is 63.5 Å². The Balaban J connectivity index is 0. The number of aliphatic hydroxyl groups excluding tert-OH is 1. The van der Waals surface area contributed by atoms with Gasteiger partial charge in [0, 0.05) is 20.3 Å². The van der Waals surface area contributed by atoms with Crippen LogP contribution >= 0.6 is 0 Å². The zero-order valence-electron chi connectivity index (χ0n) is 6.81. The van der Waals surface area contributed by atoms with Gasteiger partial charge in [0.15, 0.2) is 0 Å². The molecule has 1 fully saturated rings. The van der Waals surface area contributed by atoms with Gasteiger partial charge in [-0.3, -0.25) is 0 Å². The highest BCUT2D eigenvalue weighted by molar-refractivity contribution is 4.45. The fourth-order valence-corrected chi connectivity index (χ4v) is 0.687. The molecular weight excluding hydrogens is 128 g/mol. The van der Waals surface area contributed by atoms with Crippen LogP contribution in [0.4, 0.5) is 0 Å². The van der Waals surface area contributed by atoms with Crippen molar-refractivity contribution in [1.82, 2.24) is 0 Å². The van der Waals surface area contributed by atoms with E-state index in [2.05, 4.69) is 13.2 Å². The van der Waals surface area contributed by atoms with Crippen molar-refractivity contribution in [3.8, 4) is 0 Å². The van der Waals surface area contributed by atoms with E-state index in [9.17, 15) is 0 Å². The Morgan fingerprint density at radius 2 is 1.40 bits per heavy atom. The fraction of sp³-hybridized carbons (Fsp3) is 0.750. The summed E-state index contributed by atoms with van der Waals surface area (Å²) in [5.41, 5.74) is 0. The van der Waals surface area contributed by atoms with Gasteiger partial charge in [-0.1, -0.05) is 0 Å². The predicted molar refractivity (Wildman–Crippen MR) is 44.1 cm³/mol. The van der Waals surface area contributed by atoms with Crippen molar-refractivity contribution in [2.45, 2.75) is 19.3 Å². The topological polar surface area (TPSA) is 29.5 Å². The molecule has 0 atom stereocenters. The van der Waals surface area contributed by atoms with Crippen LogP contribution in [0.25, 0.3) is 0 Å². The average molecular weight is 146 g/mol. The molecule has 0 unspecified atom stereocenters. The molecule has 1 saturated heterocycles. The standard InChI is InChI=1S/C5H10O.C2H4.CH4O/c1-2-4-6-5-3-1;2*1-2/h1-5H2;1-2H2;2H,1H3. The van der Waals surface area contributed by atoms with E-state index < -0.39 is 0 Å². The van der Waals surface area contributed by atoms with Crippen LogP contribution in [0.1, 0.15) is 19.3 Å². The predicted octanol–water partition coefficient (Wildman–Crippen LogP) is 1.60. The van der Waals surface area contributed by atoms with Crippen LogP contribution < -0.4 is 0 Å². The molecule has 1 aliphatic rings.